The Morgan fingerprint density at radius 2 is 1.95 bits per heavy atom. The van der Waals surface area contributed by atoms with Crippen LogP contribution in [0.1, 0.15) is 24.5 Å². The zero-order chi connectivity index (χ0) is 15.0. The summed E-state index contributed by atoms with van der Waals surface area (Å²) in [6, 6.07) is 9.41. The van der Waals surface area contributed by atoms with Gasteiger partial charge >= 0.3 is 0 Å². The van der Waals surface area contributed by atoms with Crippen molar-refractivity contribution in [1.29, 1.82) is 0 Å². The third-order valence-corrected chi connectivity index (χ3v) is 4.39. The first-order valence-electron chi connectivity index (χ1n) is 6.44. The average Bonchev–Trinajstić information content (AvgIpc) is 2.85. The molecule has 21 heavy (non-hydrogen) atoms. The molecular formula is C15H12Cl3N3. The summed E-state index contributed by atoms with van der Waals surface area (Å²) < 4.78 is 2.05. The minimum atomic E-state index is 0.00203. The summed E-state index contributed by atoms with van der Waals surface area (Å²) in [6.45, 7) is 2.06. The summed E-state index contributed by atoms with van der Waals surface area (Å²) in [4.78, 5) is 8.95. The Labute approximate surface area is 137 Å². The van der Waals surface area contributed by atoms with Gasteiger partial charge in [0.1, 0.15) is 5.82 Å². The summed E-state index contributed by atoms with van der Waals surface area (Å²) in [5, 5.41) is 0.986. The first-order chi connectivity index (χ1) is 10.1. The molecule has 1 atom stereocenters. The number of aromatic nitrogens is 3. The number of alkyl halides is 1. The average molecular weight is 341 g/mol. The van der Waals surface area contributed by atoms with E-state index in [9.17, 15) is 0 Å². The van der Waals surface area contributed by atoms with Crippen LogP contribution in [0.4, 0.5) is 0 Å². The number of imidazole rings is 1. The Kier molecular flexibility index (Phi) is 4.07. The topological polar surface area (TPSA) is 30.7 Å². The van der Waals surface area contributed by atoms with Crippen molar-refractivity contribution in [2.75, 3.05) is 0 Å². The van der Waals surface area contributed by atoms with Crippen molar-refractivity contribution in [3.63, 3.8) is 0 Å². The van der Waals surface area contributed by atoms with E-state index in [1.54, 1.807) is 12.3 Å². The molecule has 1 unspecified atom stereocenters. The maximum Gasteiger partial charge on any atom is 0.125 e. The standard InChI is InChI=1S/C15H12Cl3N3/c1-9(12-4-2-3-5-19-12)21-14-7-11(18)10(17)6-13(14)20-15(21)8-16/h2-7,9H,8H2,1H3. The molecule has 3 rings (SSSR count). The summed E-state index contributed by atoms with van der Waals surface area (Å²) in [5.74, 6) is 1.07. The fourth-order valence-corrected chi connectivity index (χ4v) is 2.93. The van der Waals surface area contributed by atoms with Gasteiger partial charge in [0.15, 0.2) is 0 Å². The third-order valence-electron chi connectivity index (χ3n) is 3.43. The molecule has 3 nitrogen and oxygen atoms in total. The minimum Gasteiger partial charge on any atom is -0.318 e. The highest BCUT2D eigenvalue weighted by Crippen LogP contribution is 2.31. The van der Waals surface area contributed by atoms with Crippen LogP contribution in [-0.2, 0) is 5.88 Å². The largest absolute Gasteiger partial charge is 0.318 e. The predicted molar refractivity (Wildman–Crippen MR) is 87.4 cm³/mol. The summed E-state index contributed by atoms with van der Waals surface area (Å²) >= 11 is 18.2. The van der Waals surface area contributed by atoms with Gasteiger partial charge in [0.2, 0.25) is 0 Å². The van der Waals surface area contributed by atoms with Gasteiger partial charge in [0, 0.05) is 6.20 Å². The molecular weight excluding hydrogens is 329 g/mol. The monoisotopic (exact) mass is 339 g/mol. The van der Waals surface area contributed by atoms with E-state index in [1.807, 2.05) is 28.8 Å². The van der Waals surface area contributed by atoms with Crippen molar-refractivity contribution in [2.45, 2.75) is 18.8 Å². The Morgan fingerprint density at radius 1 is 1.19 bits per heavy atom. The van der Waals surface area contributed by atoms with Gasteiger partial charge in [-0.15, -0.1) is 11.6 Å². The van der Waals surface area contributed by atoms with Crippen LogP contribution in [0.3, 0.4) is 0 Å². The van der Waals surface area contributed by atoms with Gasteiger partial charge < -0.3 is 4.57 Å². The molecule has 1 aromatic carbocycles. The number of hydrogen-bond donors (Lipinski definition) is 0. The lowest BCUT2D eigenvalue weighted by atomic mass is 10.2. The second kappa shape index (κ2) is 5.84. The molecule has 0 radical (unpaired) electrons. The van der Waals surface area contributed by atoms with E-state index in [0.29, 0.717) is 15.9 Å². The zero-order valence-corrected chi connectivity index (χ0v) is 13.5. The second-order valence-corrected chi connectivity index (χ2v) is 5.80. The number of pyridine rings is 1. The highest BCUT2D eigenvalue weighted by molar-refractivity contribution is 6.42. The van der Waals surface area contributed by atoms with Gasteiger partial charge in [0.05, 0.1) is 38.7 Å². The number of halogens is 3. The Bertz CT molecular complexity index is 784. The fourth-order valence-electron chi connectivity index (χ4n) is 2.42. The van der Waals surface area contributed by atoms with Crippen LogP contribution in [0.25, 0.3) is 11.0 Å². The van der Waals surface area contributed by atoms with Crippen LogP contribution >= 0.6 is 34.8 Å². The lowest BCUT2D eigenvalue weighted by Crippen LogP contribution is -2.11. The number of rotatable bonds is 3. The van der Waals surface area contributed by atoms with Crippen molar-refractivity contribution in [2.24, 2.45) is 0 Å². The lowest BCUT2D eigenvalue weighted by Gasteiger charge is -2.16. The highest BCUT2D eigenvalue weighted by Gasteiger charge is 2.18. The normalized spacial score (nSPS) is 12.8. The second-order valence-electron chi connectivity index (χ2n) is 4.72. The van der Waals surface area contributed by atoms with Gasteiger partial charge in [-0.25, -0.2) is 4.98 Å². The van der Waals surface area contributed by atoms with E-state index in [0.717, 1.165) is 22.6 Å². The van der Waals surface area contributed by atoms with E-state index in [2.05, 4.69) is 16.9 Å². The number of benzene rings is 1. The number of hydrogen-bond acceptors (Lipinski definition) is 2. The van der Waals surface area contributed by atoms with Crippen molar-refractivity contribution in [3.05, 3.63) is 58.1 Å². The van der Waals surface area contributed by atoms with Crippen LogP contribution in [0.5, 0.6) is 0 Å². The third kappa shape index (κ3) is 2.61. The Balaban J connectivity index is 2.23. The van der Waals surface area contributed by atoms with E-state index >= 15 is 0 Å². The molecule has 0 amide bonds. The van der Waals surface area contributed by atoms with E-state index in [4.69, 9.17) is 34.8 Å². The van der Waals surface area contributed by atoms with Crippen LogP contribution < -0.4 is 0 Å². The van der Waals surface area contributed by atoms with Gasteiger partial charge in [-0.1, -0.05) is 29.3 Å². The van der Waals surface area contributed by atoms with Crippen LogP contribution in [-0.4, -0.2) is 14.5 Å². The van der Waals surface area contributed by atoms with Gasteiger partial charge in [-0.3, -0.25) is 4.98 Å². The molecule has 0 N–H and O–H groups in total. The number of fused-ring (bicyclic) bond motifs is 1. The molecule has 0 fully saturated rings. The zero-order valence-electron chi connectivity index (χ0n) is 11.2. The molecule has 2 aromatic heterocycles. The Hall–Kier alpha value is -1.29. The molecule has 0 saturated carbocycles. The first-order valence-corrected chi connectivity index (χ1v) is 7.73. The van der Waals surface area contributed by atoms with E-state index in [-0.39, 0.29) is 6.04 Å². The summed E-state index contributed by atoms with van der Waals surface area (Å²) in [7, 11) is 0. The smallest absolute Gasteiger partial charge is 0.125 e. The molecule has 0 saturated heterocycles. The van der Waals surface area contributed by atoms with Crippen molar-refractivity contribution in [1.82, 2.24) is 14.5 Å². The predicted octanol–water partition coefficient (Wildman–Crippen LogP) is 5.09. The van der Waals surface area contributed by atoms with Crippen molar-refractivity contribution in [3.8, 4) is 0 Å². The fraction of sp³-hybridized carbons (Fsp3) is 0.200. The maximum atomic E-state index is 6.14. The van der Waals surface area contributed by atoms with E-state index < -0.39 is 0 Å². The first kappa shape index (κ1) is 14.6. The van der Waals surface area contributed by atoms with Crippen molar-refractivity contribution < 1.29 is 0 Å². The SMILES string of the molecule is CC(c1ccccn1)n1c(CCl)nc2cc(Cl)c(Cl)cc21. The molecule has 108 valence electrons. The Morgan fingerprint density at radius 3 is 2.62 bits per heavy atom. The minimum absolute atomic E-state index is 0.00203. The van der Waals surface area contributed by atoms with Gasteiger partial charge in [-0.2, -0.15) is 0 Å². The van der Waals surface area contributed by atoms with Gasteiger partial charge in [0.25, 0.3) is 0 Å². The summed E-state index contributed by atoms with van der Waals surface area (Å²) in [6.07, 6.45) is 1.77. The van der Waals surface area contributed by atoms with Crippen LogP contribution in [0.2, 0.25) is 10.0 Å². The van der Waals surface area contributed by atoms with Crippen LogP contribution in [0.15, 0.2) is 36.5 Å². The molecule has 0 aliphatic carbocycles. The molecule has 2 heterocycles. The molecule has 0 spiro atoms. The van der Waals surface area contributed by atoms with Gasteiger partial charge in [-0.05, 0) is 31.2 Å². The van der Waals surface area contributed by atoms with E-state index in [1.165, 1.54) is 0 Å². The molecule has 6 heteroatoms. The molecule has 0 aliphatic heterocycles. The highest BCUT2D eigenvalue weighted by atomic mass is 35.5. The quantitative estimate of drug-likeness (QED) is 0.622. The lowest BCUT2D eigenvalue weighted by molar-refractivity contribution is 0.616. The van der Waals surface area contributed by atoms with Crippen LogP contribution in [0, 0.1) is 0 Å². The van der Waals surface area contributed by atoms with Crippen molar-refractivity contribution >= 4 is 45.8 Å². The molecule has 3 aromatic rings. The molecule has 0 aliphatic rings. The number of nitrogens with zero attached hydrogens (tertiary/aromatic N) is 3. The summed E-state index contributed by atoms with van der Waals surface area (Å²) in [5.41, 5.74) is 2.62. The molecule has 0 bridgehead atoms. The maximum absolute atomic E-state index is 6.14.